The Morgan fingerprint density at radius 2 is 2.00 bits per heavy atom. The van der Waals surface area contributed by atoms with Crippen LogP contribution in [-0.4, -0.2) is 5.78 Å². The van der Waals surface area contributed by atoms with Crippen molar-refractivity contribution in [2.45, 2.75) is 26.7 Å². The van der Waals surface area contributed by atoms with Crippen molar-refractivity contribution in [1.29, 1.82) is 0 Å². The second-order valence-electron chi connectivity index (χ2n) is 3.32. The van der Waals surface area contributed by atoms with Crippen molar-refractivity contribution < 1.29 is 4.79 Å². The fourth-order valence-electron chi connectivity index (χ4n) is 1.00. The van der Waals surface area contributed by atoms with Gasteiger partial charge in [-0.15, -0.1) is 0 Å². The van der Waals surface area contributed by atoms with Crippen LogP contribution in [0.5, 0.6) is 0 Å². The number of hydrogen-bond donors (Lipinski definition) is 0. The fourth-order valence-corrected chi connectivity index (χ4v) is 1.00. The molecule has 0 aromatic heterocycles. The Labute approximate surface area is 62.1 Å². The highest BCUT2D eigenvalue weighted by molar-refractivity contribution is 5.96. The normalized spacial score (nSPS) is 17.5. The minimum atomic E-state index is 0.132. The summed E-state index contributed by atoms with van der Waals surface area (Å²) in [5.74, 6) is 0.922. The Morgan fingerprint density at radius 3 is 2.30 bits per heavy atom. The molecule has 1 saturated carbocycles. The lowest BCUT2D eigenvalue weighted by Gasteiger charge is -2.04. The Hall–Kier alpha value is -0.590. The third-order valence-corrected chi connectivity index (χ3v) is 1.91. The van der Waals surface area contributed by atoms with Gasteiger partial charge in [-0.25, -0.2) is 0 Å². The molecule has 0 saturated heterocycles. The van der Waals surface area contributed by atoms with E-state index >= 15 is 0 Å². The predicted molar refractivity (Wildman–Crippen MR) is 41.7 cm³/mol. The minimum absolute atomic E-state index is 0.132. The molecule has 0 spiro atoms. The standard InChI is InChI=1S/C9H14O/c1-6(2)9(10)7(3)8-4-5-8/h6,8H,3-5H2,1-2H3. The van der Waals surface area contributed by atoms with Gasteiger partial charge in [0.05, 0.1) is 0 Å². The van der Waals surface area contributed by atoms with E-state index in [9.17, 15) is 4.79 Å². The van der Waals surface area contributed by atoms with Crippen LogP contribution in [-0.2, 0) is 4.79 Å². The molecule has 1 heteroatoms. The number of carbonyl (C=O) groups excluding carboxylic acids is 1. The smallest absolute Gasteiger partial charge is 0.161 e. The van der Waals surface area contributed by atoms with Gasteiger partial charge in [0, 0.05) is 5.92 Å². The van der Waals surface area contributed by atoms with Gasteiger partial charge in [-0.05, 0) is 24.3 Å². The van der Waals surface area contributed by atoms with Crippen LogP contribution in [0.4, 0.5) is 0 Å². The van der Waals surface area contributed by atoms with Gasteiger partial charge >= 0.3 is 0 Å². The lowest BCUT2D eigenvalue weighted by Crippen LogP contribution is -2.10. The molecule has 0 heterocycles. The zero-order chi connectivity index (χ0) is 7.72. The van der Waals surface area contributed by atoms with Crippen LogP contribution in [0, 0.1) is 11.8 Å². The molecule has 1 fully saturated rings. The molecule has 0 aromatic carbocycles. The van der Waals surface area contributed by atoms with E-state index in [-0.39, 0.29) is 11.7 Å². The first kappa shape index (κ1) is 7.52. The molecule has 0 aromatic rings. The molecule has 0 atom stereocenters. The summed E-state index contributed by atoms with van der Waals surface area (Å²) in [4.78, 5) is 11.2. The molecule has 1 nitrogen and oxygen atoms in total. The van der Waals surface area contributed by atoms with E-state index in [1.54, 1.807) is 0 Å². The second-order valence-corrected chi connectivity index (χ2v) is 3.32. The zero-order valence-corrected chi connectivity index (χ0v) is 6.68. The topological polar surface area (TPSA) is 17.1 Å². The molecule has 0 radical (unpaired) electrons. The van der Waals surface area contributed by atoms with Gasteiger partial charge < -0.3 is 0 Å². The summed E-state index contributed by atoms with van der Waals surface area (Å²) in [6, 6.07) is 0. The quantitative estimate of drug-likeness (QED) is 0.546. The van der Waals surface area contributed by atoms with Gasteiger partial charge in [0.15, 0.2) is 5.78 Å². The van der Waals surface area contributed by atoms with E-state index in [4.69, 9.17) is 0 Å². The van der Waals surface area contributed by atoms with Gasteiger partial charge in [-0.3, -0.25) is 4.79 Å². The molecule has 1 rings (SSSR count). The number of carbonyl (C=O) groups is 1. The molecular formula is C9H14O. The first-order chi connectivity index (χ1) is 4.63. The summed E-state index contributed by atoms with van der Waals surface area (Å²) in [6.07, 6.45) is 2.36. The van der Waals surface area contributed by atoms with Gasteiger partial charge in [-0.1, -0.05) is 20.4 Å². The monoisotopic (exact) mass is 138 g/mol. The molecule has 0 unspecified atom stereocenters. The van der Waals surface area contributed by atoms with Crippen LogP contribution < -0.4 is 0 Å². The van der Waals surface area contributed by atoms with Crippen LogP contribution >= 0.6 is 0 Å². The third-order valence-electron chi connectivity index (χ3n) is 1.91. The number of hydrogen-bond acceptors (Lipinski definition) is 1. The van der Waals surface area contributed by atoms with Crippen LogP contribution in [0.15, 0.2) is 12.2 Å². The summed E-state index contributed by atoms with van der Waals surface area (Å²) in [5.41, 5.74) is 0.856. The van der Waals surface area contributed by atoms with Crippen molar-refractivity contribution >= 4 is 5.78 Å². The number of Topliss-reactive ketones (excluding diaryl/α,β-unsaturated/α-hetero) is 1. The highest BCUT2D eigenvalue weighted by Gasteiger charge is 2.29. The van der Waals surface area contributed by atoms with Crippen molar-refractivity contribution in [3.8, 4) is 0 Å². The summed E-state index contributed by atoms with van der Waals surface area (Å²) in [7, 11) is 0. The fraction of sp³-hybridized carbons (Fsp3) is 0.667. The molecule has 56 valence electrons. The van der Waals surface area contributed by atoms with Crippen LogP contribution in [0.1, 0.15) is 26.7 Å². The SMILES string of the molecule is C=C(C(=O)C(C)C)C1CC1. The largest absolute Gasteiger partial charge is 0.294 e. The van der Waals surface area contributed by atoms with E-state index in [2.05, 4.69) is 6.58 Å². The zero-order valence-electron chi connectivity index (χ0n) is 6.68. The van der Waals surface area contributed by atoms with Crippen molar-refractivity contribution in [1.82, 2.24) is 0 Å². The average molecular weight is 138 g/mol. The summed E-state index contributed by atoms with van der Waals surface area (Å²) in [5, 5.41) is 0. The van der Waals surface area contributed by atoms with E-state index in [0.717, 1.165) is 5.57 Å². The highest BCUT2D eigenvalue weighted by Crippen LogP contribution is 2.36. The van der Waals surface area contributed by atoms with Gasteiger partial charge in [0.25, 0.3) is 0 Å². The molecule has 0 aliphatic heterocycles. The summed E-state index contributed by atoms with van der Waals surface area (Å²) < 4.78 is 0. The lowest BCUT2D eigenvalue weighted by molar-refractivity contribution is -0.118. The molecule has 0 N–H and O–H groups in total. The molecule has 10 heavy (non-hydrogen) atoms. The first-order valence-corrected chi connectivity index (χ1v) is 3.86. The minimum Gasteiger partial charge on any atom is -0.294 e. The molecule has 0 amide bonds. The number of allylic oxidation sites excluding steroid dienone is 1. The Balaban J connectivity index is 2.47. The van der Waals surface area contributed by atoms with E-state index in [1.165, 1.54) is 12.8 Å². The van der Waals surface area contributed by atoms with E-state index in [1.807, 2.05) is 13.8 Å². The lowest BCUT2D eigenvalue weighted by atomic mass is 9.99. The molecular weight excluding hydrogens is 124 g/mol. The Kier molecular flexibility index (Phi) is 1.93. The van der Waals surface area contributed by atoms with Crippen molar-refractivity contribution in [3.63, 3.8) is 0 Å². The third kappa shape index (κ3) is 1.47. The average Bonchev–Trinajstić information content (AvgIpc) is 2.65. The van der Waals surface area contributed by atoms with Crippen LogP contribution in [0.3, 0.4) is 0 Å². The Morgan fingerprint density at radius 1 is 1.50 bits per heavy atom. The summed E-state index contributed by atoms with van der Waals surface area (Å²) in [6.45, 7) is 7.64. The Bertz CT molecular complexity index is 152. The molecule has 1 aliphatic rings. The molecule has 1 aliphatic carbocycles. The number of rotatable bonds is 3. The van der Waals surface area contributed by atoms with Crippen molar-refractivity contribution in [3.05, 3.63) is 12.2 Å². The second kappa shape index (κ2) is 2.57. The maximum Gasteiger partial charge on any atom is 0.161 e. The maximum absolute atomic E-state index is 11.2. The van der Waals surface area contributed by atoms with Gasteiger partial charge in [-0.2, -0.15) is 0 Å². The van der Waals surface area contributed by atoms with Crippen molar-refractivity contribution in [2.24, 2.45) is 11.8 Å². The number of ketones is 1. The predicted octanol–water partition coefficient (Wildman–Crippen LogP) is 2.18. The molecule has 0 bridgehead atoms. The van der Waals surface area contributed by atoms with E-state index in [0.29, 0.717) is 5.92 Å². The van der Waals surface area contributed by atoms with Crippen LogP contribution in [0.2, 0.25) is 0 Å². The van der Waals surface area contributed by atoms with Gasteiger partial charge in [0.2, 0.25) is 0 Å². The highest BCUT2D eigenvalue weighted by atomic mass is 16.1. The summed E-state index contributed by atoms with van der Waals surface area (Å²) >= 11 is 0. The van der Waals surface area contributed by atoms with E-state index < -0.39 is 0 Å². The first-order valence-electron chi connectivity index (χ1n) is 3.86. The van der Waals surface area contributed by atoms with Crippen molar-refractivity contribution in [2.75, 3.05) is 0 Å². The maximum atomic E-state index is 11.2. The van der Waals surface area contributed by atoms with Gasteiger partial charge in [0.1, 0.15) is 0 Å². The van der Waals surface area contributed by atoms with Crippen LogP contribution in [0.25, 0.3) is 0 Å².